The van der Waals surface area contributed by atoms with Crippen LogP contribution in [-0.2, 0) is 10.3 Å². The number of phenolic OH excluding ortho intramolecular Hbond substituents is 1. The first-order valence-electron chi connectivity index (χ1n) is 6.11. The predicted octanol–water partition coefficient (Wildman–Crippen LogP) is 1.49. The average molecular weight is 288 g/mol. The molecule has 1 aliphatic heterocycles. The lowest BCUT2D eigenvalue weighted by Gasteiger charge is -2.39. The van der Waals surface area contributed by atoms with E-state index in [9.17, 15) is 23.1 Å². The maximum Gasteiger partial charge on any atom is 0.419 e. The highest BCUT2D eigenvalue weighted by Crippen LogP contribution is 2.41. The number of hydrogen-bond acceptors (Lipinski definition) is 3. The summed E-state index contributed by atoms with van der Waals surface area (Å²) in [5.74, 6) is -1.19. The number of rotatable bonds is 1. The van der Waals surface area contributed by atoms with Gasteiger partial charge in [0.15, 0.2) is 0 Å². The number of carbonyl (C=O) groups excluding carboxylic acids is 1. The Morgan fingerprint density at radius 3 is 2.20 bits per heavy atom. The van der Waals surface area contributed by atoms with E-state index in [-0.39, 0.29) is 24.4 Å². The second kappa shape index (κ2) is 4.66. The molecule has 1 saturated heterocycles. The smallest absolute Gasteiger partial charge is 0.419 e. The summed E-state index contributed by atoms with van der Waals surface area (Å²) in [6.07, 6.45) is -4.78. The van der Waals surface area contributed by atoms with Crippen LogP contribution >= 0.6 is 0 Å². The first-order chi connectivity index (χ1) is 9.20. The summed E-state index contributed by atoms with van der Waals surface area (Å²) in [5, 5.41) is 14.2. The lowest BCUT2D eigenvalue weighted by Crippen LogP contribution is -2.67. The van der Waals surface area contributed by atoms with Crippen LogP contribution in [0.1, 0.15) is 16.7 Å². The van der Waals surface area contributed by atoms with Crippen LogP contribution in [0.25, 0.3) is 0 Å². The number of phenols is 1. The molecule has 2 rings (SSSR count). The third-order valence-electron chi connectivity index (χ3n) is 3.49. The van der Waals surface area contributed by atoms with E-state index in [1.165, 1.54) is 26.0 Å². The molecule has 0 saturated carbocycles. The van der Waals surface area contributed by atoms with Crippen LogP contribution in [0.15, 0.2) is 12.1 Å². The van der Waals surface area contributed by atoms with Crippen molar-refractivity contribution in [2.24, 2.45) is 0 Å². The summed E-state index contributed by atoms with van der Waals surface area (Å²) >= 11 is 0. The monoisotopic (exact) mass is 288 g/mol. The summed E-state index contributed by atoms with van der Waals surface area (Å²) in [6, 6.07) is 2.38. The largest absolute Gasteiger partial charge is 0.507 e. The summed E-state index contributed by atoms with van der Waals surface area (Å²) in [6.45, 7) is 3.16. The number of halogens is 3. The summed E-state index contributed by atoms with van der Waals surface area (Å²) in [5.41, 5.74) is -2.39. The van der Waals surface area contributed by atoms with Crippen molar-refractivity contribution in [3.05, 3.63) is 28.8 Å². The molecule has 4 nitrogen and oxygen atoms in total. The van der Waals surface area contributed by atoms with E-state index in [2.05, 4.69) is 10.6 Å². The van der Waals surface area contributed by atoms with E-state index in [1.54, 1.807) is 0 Å². The maximum atomic E-state index is 13.5. The van der Waals surface area contributed by atoms with Crippen LogP contribution < -0.4 is 10.6 Å². The van der Waals surface area contributed by atoms with Crippen molar-refractivity contribution in [1.29, 1.82) is 0 Å². The van der Waals surface area contributed by atoms with Crippen LogP contribution in [0.3, 0.4) is 0 Å². The molecule has 1 amide bonds. The van der Waals surface area contributed by atoms with E-state index in [4.69, 9.17) is 0 Å². The summed E-state index contributed by atoms with van der Waals surface area (Å²) in [4.78, 5) is 11.9. The van der Waals surface area contributed by atoms with Gasteiger partial charge in [-0.25, -0.2) is 0 Å². The first-order valence-corrected chi connectivity index (χ1v) is 6.11. The number of aromatic hydroxyl groups is 1. The Hall–Kier alpha value is -1.76. The van der Waals surface area contributed by atoms with Crippen LogP contribution in [0.5, 0.6) is 5.75 Å². The van der Waals surface area contributed by atoms with Gasteiger partial charge in [0.25, 0.3) is 5.91 Å². The highest BCUT2D eigenvalue weighted by Gasteiger charge is 2.62. The maximum absolute atomic E-state index is 13.5. The molecule has 1 fully saturated rings. The Bertz CT molecular complexity index is 534. The number of benzene rings is 1. The Morgan fingerprint density at radius 1 is 1.20 bits per heavy atom. The fourth-order valence-corrected chi connectivity index (χ4v) is 2.44. The molecule has 1 aliphatic rings. The highest BCUT2D eigenvalue weighted by molar-refractivity contribution is 5.89. The second-order valence-corrected chi connectivity index (χ2v) is 4.89. The third kappa shape index (κ3) is 2.02. The zero-order valence-corrected chi connectivity index (χ0v) is 11.1. The molecule has 7 heteroatoms. The molecular weight excluding hydrogens is 273 g/mol. The van der Waals surface area contributed by atoms with Crippen molar-refractivity contribution in [2.45, 2.75) is 25.6 Å². The van der Waals surface area contributed by atoms with Crippen molar-refractivity contribution in [3.63, 3.8) is 0 Å². The number of nitrogens with one attached hydrogen (secondary N) is 2. The Kier molecular flexibility index (Phi) is 3.41. The van der Waals surface area contributed by atoms with E-state index in [1.807, 2.05) is 0 Å². The molecule has 110 valence electrons. The second-order valence-electron chi connectivity index (χ2n) is 4.89. The van der Waals surface area contributed by atoms with Crippen molar-refractivity contribution in [3.8, 4) is 5.75 Å². The standard InChI is InChI=1S/C13H15F3N2O2/c1-7-5-9(6-8(2)10(7)19)12(13(14,15)16)11(20)17-3-4-18-12/h5-6,18-19H,3-4H2,1-2H3,(H,17,20)/t12-/m0/s1. The lowest BCUT2D eigenvalue weighted by atomic mass is 9.84. The summed E-state index contributed by atoms with van der Waals surface area (Å²) < 4.78 is 40.5. The molecule has 3 N–H and O–H groups in total. The van der Waals surface area contributed by atoms with Gasteiger partial charge in [-0.3, -0.25) is 10.1 Å². The molecule has 1 aromatic carbocycles. The van der Waals surface area contributed by atoms with E-state index < -0.39 is 17.6 Å². The molecule has 1 heterocycles. The third-order valence-corrected chi connectivity index (χ3v) is 3.49. The van der Waals surface area contributed by atoms with E-state index >= 15 is 0 Å². The normalized spacial score (nSPS) is 23.6. The van der Waals surface area contributed by atoms with Gasteiger partial charge in [0.05, 0.1) is 0 Å². The summed E-state index contributed by atoms with van der Waals surface area (Å²) in [7, 11) is 0. The van der Waals surface area contributed by atoms with Gasteiger partial charge in [0, 0.05) is 13.1 Å². The van der Waals surface area contributed by atoms with Gasteiger partial charge >= 0.3 is 6.18 Å². The van der Waals surface area contributed by atoms with Gasteiger partial charge in [-0.05, 0) is 42.7 Å². The number of hydrogen-bond donors (Lipinski definition) is 3. The van der Waals surface area contributed by atoms with Crippen molar-refractivity contribution in [2.75, 3.05) is 13.1 Å². The molecule has 0 unspecified atom stereocenters. The number of carbonyl (C=O) groups is 1. The zero-order chi connectivity index (χ0) is 15.1. The zero-order valence-electron chi connectivity index (χ0n) is 11.1. The minimum Gasteiger partial charge on any atom is -0.507 e. The fourth-order valence-electron chi connectivity index (χ4n) is 2.44. The van der Waals surface area contributed by atoms with Crippen LogP contribution in [0.2, 0.25) is 0 Å². The Labute approximate surface area is 114 Å². The fraction of sp³-hybridized carbons (Fsp3) is 0.462. The number of aryl methyl sites for hydroxylation is 2. The molecule has 0 radical (unpaired) electrons. The van der Waals surface area contributed by atoms with E-state index in [0.29, 0.717) is 11.1 Å². The molecule has 0 aromatic heterocycles. The minimum atomic E-state index is -4.78. The van der Waals surface area contributed by atoms with Crippen molar-refractivity contribution in [1.82, 2.24) is 10.6 Å². The predicted molar refractivity (Wildman–Crippen MR) is 66.3 cm³/mol. The average Bonchev–Trinajstić information content (AvgIpc) is 2.34. The molecular formula is C13H15F3N2O2. The van der Waals surface area contributed by atoms with Crippen LogP contribution in [0, 0.1) is 13.8 Å². The number of alkyl halides is 3. The van der Waals surface area contributed by atoms with Crippen molar-refractivity contribution < 1.29 is 23.1 Å². The molecule has 0 spiro atoms. The topological polar surface area (TPSA) is 61.4 Å². The number of piperazine rings is 1. The first kappa shape index (κ1) is 14.6. The van der Waals surface area contributed by atoms with Crippen LogP contribution in [0.4, 0.5) is 13.2 Å². The SMILES string of the molecule is Cc1cc([C@]2(C(F)(F)F)NCCNC2=O)cc(C)c1O. The minimum absolute atomic E-state index is 0.0181. The molecule has 1 aromatic rings. The quantitative estimate of drug-likeness (QED) is 0.733. The molecule has 0 aliphatic carbocycles. The van der Waals surface area contributed by atoms with Gasteiger partial charge in [0.2, 0.25) is 5.54 Å². The van der Waals surface area contributed by atoms with Crippen LogP contribution in [-0.4, -0.2) is 30.3 Å². The van der Waals surface area contributed by atoms with Gasteiger partial charge < -0.3 is 10.4 Å². The van der Waals surface area contributed by atoms with Crippen molar-refractivity contribution >= 4 is 5.91 Å². The lowest BCUT2D eigenvalue weighted by molar-refractivity contribution is -0.206. The van der Waals surface area contributed by atoms with Gasteiger partial charge in [-0.2, -0.15) is 13.2 Å². The Balaban J connectivity index is 2.67. The van der Waals surface area contributed by atoms with Gasteiger partial charge in [-0.1, -0.05) is 0 Å². The highest BCUT2D eigenvalue weighted by atomic mass is 19.4. The van der Waals surface area contributed by atoms with Gasteiger partial charge in [-0.15, -0.1) is 0 Å². The van der Waals surface area contributed by atoms with Gasteiger partial charge in [0.1, 0.15) is 5.75 Å². The molecule has 20 heavy (non-hydrogen) atoms. The Morgan fingerprint density at radius 2 is 1.75 bits per heavy atom. The van der Waals surface area contributed by atoms with E-state index in [0.717, 1.165) is 0 Å². The number of amides is 1. The molecule has 0 bridgehead atoms. The molecule has 1 atom stereocenters.